The molecule has 1 unspecified atom stereocenters. The highest BCUT2D eigenvalue weighted by Gasteiger charge is 2.11. The molecule has 1 rings (SSSR count). The van der Waals surface area contributed by atoms with Crippen molar-refractivity contribution in [3.63, 3.8) is 0 Å². The quantitative estimate of drug-likeness (QED) is 0.754. The first-order valence-corrected chi connectivity index (χ1v) is 6.88. The number of nitrogens with zero attached hydrogens (tertiary/aromatic N) is 1. The summed E-state index contributed by atoms with van der Waals surface area (Å²) in [7, 11) is -3.23. The predicted octanol–water partition coefficient (Wildman–Crippen LogP) is 0.883. The molecule has 0 radical (unpaired) electrons. The van der Waals surface area contributed by atoms with Gasteiger partial charge in [-0.3, -0.25) is 4.98 Å². The monoisotopic (exact) mass is 244 g/mol. The minimum Gasteiger partial charge on any atom is -0.358 e. The lowest BCUT2D eigenvalue weighted by atomic mass is 10.3. The Morgan fingerprint density at radius 3 is 2.81 bits per heavy atom. The van der Waals surface area contributed by atoms with Crippen molar-refractivity contribution in [3.8, 4) is 0 Å². The average molecular weight is 244 g/mol. The molecule has 1 N–H and O–H groups in total. The third-order valence-corrected chi connectivity index (χ3v) is 2.58. The molecule has 1 heterocycles. The zero-order valence-corrected chi connectivity index (χ0v) is 10.2. The highest BCUT2D eigenvalue weighted by atomic mass is 32.2. The first-order valence-electron chi connectivity index (χ1n) is 4.99. The topological polar surface area (TPSA) is 68.3 Å². The molecular weight excluding hydrogens is 228 g/mol. The number of aromatic nitrogens is 1. The van der Waals surface area contributed by atoms with Crippen molar-refractivity contribution >= 4 is 10.0 Å². The van der Waals surface area contributed by atoms with Gasteiger partial charge < -0.3 is 4.74 Å². The van der Waals surface area contributed by atoms with E-state index >= 15 is 0 Å². The van der Waals surface area contributed by atoms with Gasteiger partial charge in [0, 0.05) is 12.4 Å². The Morgan fingerprint density at radius 1 is 1.56 bits per heavy atom. The standard InChI is InChI=1S/C10H16N2O3S/c1-3-10(12-16(2,13)14)15-8-9-5-4-6-11-7-9/h4-7,10,12H,3,8H2,1-2H3. The number of hydrogen-bond donors (Lipinski definition) is 1. The lowest BCUT2D eigenvalue weighted by Gasteiger charge is -2.16. The van der Waals surface area contributed by atoms with E-state index in [2.05, 4.69) is 9.71 Å². The van der Waals surface area contributed by atoms with Crippen LogP contribution in [0.1, 0.15) is 18.9 Å². The molecular formula is C10H16N2O3S. The number of rotatable bonds is 6. The Balaban J connectivity index is 2.46. The van der Waals surface area contributed by atoms with Crippen molar-refractivity contribution in [1.82, 2.24) is 9.71 Å². The normalized spacial score (nSPS) is 13.6. The van der Waals surface area contributed by atoms with Crippen LogP contribution in [-0.4, -0.2) is 25.9 Å². The molecule has 0 aromatic carbocycles. The molecule has 5 nitrogen and oxygen atoms in total. The van der Waals surface area contributed by atoms with Crippen molar-refractivity contribution < 1.29 is 13.2 Å². The van der Waals surface area contributed by atoms with Gasteiger partial charge in [-0.25, -0.2) is 8.42 Å². The van der Waals surface area contributed by atoms with Gasteiger partial charge in [-0.2, -0.15) is 4.72 Å². The molecule has 6 heteroatoms. The third-order valence-electron chi connectivity index (χ3n) is 1.89. The van der Waals surface area contributed by atoms with E-state index in [1.54, 1.807) is 12.4 Å². The van der Waals surface area contributed by atoms with Crippen LogP contribution in [0.15, 0.2) is 24.5 Å². The van der Waals surface area contributed by atoms with Crippen LogP contribution in [0, 0.1) is 0 Å². The van der Waals surface area contributed by atoms with Crippen molar-refractivity contribution in [3.05, 3.63) is 30.1 Å². The summed E-state index contributed by atoms with van der Waals surface area (Å²) in [6, 6.07) is 3.68. The Kier molecular flexibility index (Phi) is 4.85. The lowest BCUT2D eigenvalue weighted by molar-refractivity contribution is 0.0309. The van der Waals surface area contributed by atoms with Gasteiger partial charge >= 0.3 is 0 Å². The lowest BCUT2D eigenvalue weighted by Crippen LogP contribution is -2.35. The van der Waals surface area contributed by atoms with Crippen LogP contribution in [0.3, 0.4) is 0 Å². The summed E-state index contributed by atoms with van der Waals surface area (Å²) >= 11 is 0. The Hall–Kier alpha value is -0.980. The van der Waals surface area contributed by atoms with E-state index in [-0.39, 0.29) is 0 Å². The summed E-state index contributed by atoms with van der Waals surface area (Å²) in [6.45, 7) is 2.20. The zero-order valence-electron chi connectivity index (χ0n) is 9.38. The predicted molar refractivity (Wildman–Crippen MR) is 61.1 cm³/mol. The number of hydrogen-bond acceptors (Lipinski definition) is 4. The third kappa shape index (κ3) is 5.20. The number of nitrogens with one attached hydrogen (secondary N) is 1. The van der Waals surface area contributed by atoms with Crippen LogP contribution in [0.4, 0.5) is 0 Å². The van der Waals surface area contributed by atoms with Gasteiger partial charge in [0.2, 0.25) is 10.0 Å². The van der Waals surface area contributed by atoms with Crippen molar-refractivity contribution in [1.29, 1.82) is 0 Å². The highest BCUT2D eigenvalue weighted by Crippen LogP contribution is 2.03. The molecule has 0 aliphatic rings. The smallest absolute Gasteiger partial charge is 0.210 e. The Bertz CT molecular complexity index is 405. The molecule has 0 aliphatic carbocycles. The molecule has 0 spiro atoms. The van der Waals surface area contributed by atoms with Gasteiger partial charge in [0.05, 0.1) is 12.9 Å². The van der Waals surface area contributed by atoms with Crippen LogP contribution >= 0.6 is 0 Å². The molecule has 16 heavy (non-hydrogen) atoms. The first-order chi connectivity index (χ1) is 7.51. The minimum atomic E-state index is -3.23. The molecule has 90 valence electrons. The maximum Gasteiger partial charge on any atom is 0.210 e. The second-order valence-corrected chi connectivity index (χ2v) is 5.24. The summed E-state index contributed by atoms with van der Waals surface area (Å²) in [5, 5.41) is 0. The van der Waals surface area contributed by atoms with Crippen LogP contribution in [0.2, 0.25) is 0 Å². The van der Waals surface area contributed by atoms with Crippen molar-refractivity contribution in [2.45, 2.75) is 26.2 Å². The van der Waals surface area contributed by atoms with E-state index in [0.29, 0.717) is 13.0 Å². The van der Waals surface area contributed by atoms with E-state index in [1.165, 1.54) is 0 Å². The second kappa shape index (κ2) is 5.93. The molecule has 1 aromatic heterocycles. The van der Waals surface area contributed by atoms with Gasteiger partial charge in [0.1, 0.15) is 6.23 Å². The maximum absolute atomic E-state index is 11.0. The van der Waals surface area contributed by atoms with Crippen molar-refractivity contribution in [2.24, 2.45) is 0 Å². The summed E-state index contributed by atoms with van der Waals surface area (Å²) in [5.41, 5.74) is 0.913. The van der Waals surface area contributed by atoms with E-state index in [4.69, 9.17) is 4.74 Å². The van der Waals surface area contributed by atoms with E-state index in [9.17, 15) is 8.42 Å². The van der Waals surface area contributed by atoms with Gasteiger partial charge in [0.15, 0.2) is 0 Å². The fourth-order valence-corrected chi connectivity index (χ4v) is 1.87. The number of ether oxygens (including phenoxy) is 1. The second-order valence-electron chi connectivity index (χ2n) is 3.46. The van der Waals surface area contributed by atoms with E-state index in [1.807, 2.05) is 19.1 Å². The van der Waals surface area contributed by atoms with Crippen LogP contribution in [0.5, 0.6) is 0 Å². The fraction of sp³-hybridized carbons (Fsp3) is 0.500. The number of sulfonamides is 1. The fourth-order valence-electron chi connectivity index (χ4n) is 1.15. The molecule has 0 fully saturated rings. The minimum absolute atomic E-state index is 0.342. The SMILES string of the molecule is CCC(NS(C)(=O)=O)OCc1cccnc1. The summed E-state index contributed by atoms with van der Waals surface area (Å²) < 4.78 is 29.8. The first kappa shape index (κ1) is 13.1. The molecule has 0 saturated carbocycles. The molecule has 0 amide bonds. The van der Waals surface area contributed by atoms with E-state index < -0.39 is 16.3 Å². The molecule has 0 saturated heterocycles. The highest BCUT2D eigenvalue weighted by molar-refractivity contribution is 7.88. The summed E-state index contributed by atoms with van der Waals surface area (Å²) in [4.78, 5) is 3.94. The van der Waals surface area contributed by atoms with E-state index in [0.717, 1.165) is 11.8 Å². The Morgan fingerprint density at radius 2 is 2.31 bits per heavy atom. The van der Waals surface area contributed by atoms with Crippen molar-refractivity contribution in [2.75, 3.05) is 6.26 Å². The molecule has 0 aliphatic heterocycles. The Labute approximate surface area is 95.9 Å². The van der Waals surface area contributed by atoms with Gasteiger partial charge in [-0.1, -0.05) is 13.0 Å². The van der Waals surface area contributed by atoms with Gasteiger partial charge in [-0.15, -0.1) is 0 Å². The van der Waals surface area contributed by atoms with Crippen LogP contribution in [0.25, 0.3) is 0 Å². The maximum atomic E-state index is 11.0. The van der Waals surface area contributed by atoms with Crippen LogP contribution in [-0.2, 0) is 21.4 Å². The number of pyridine rings is 1. The van der Waals surface area contributed by atoms with Gasteiger partial charge in [-0.05, 0) is 18.1 Å². The molecule has 0 bridgehead atoms. The molecule has 1 atom stereocenters. The molecule has 1 aromatic rings. The van der Waals surface area contributed by atoms with Crippen LogP contribution < -0.4 is 4.72 Å². The summed E-state index contributed by atoms with van der Waals surface area (Å²) in [6.07, 6.45) is 4.56. The van der Waals surface area contributed by atoms with Gasteiger partial charge in [0.25, 0.3) is 0 Å². The average Bonchev–Trinajstić information content (AvgIpc) is 2.24. The largest absolute Gasteiger partial charge is 0.358 e. The summed E-state index contributed by atoms with van der Waals surface area (Å²) in [5.74, 6) is 0. The zero-order chi connectivity index (χ0) is 12.0.